The van der Waals surface area contributed by atoms with Gasteiger partial charge >= 0.3 is 0 Å². The molecule has 0 saturated carbocycles. The Hall–Kier alpha value is -2.98. The van der Waals surface area contributed by atoms with E-state index in [9.17, 15) is 4.79 Å². The number of hydrogen-bond acceptors (Lipinski definition) is 2. The number of nitrogens with zero attached hydrogens (tertiary/aromatic N) is 1. The van der Waals surface area contributed by atoms with Crippen molar-refractivity contribution in [2.75, 3.05) is 6.54 Å². The molecule has 0 atom stereocenters. The van der Waals surface area contributed by atoms with Gasteiger partial charge in [-0.2, -0.15) is 0 Å². The van der Waals surface area contributed by atoms with Crippen LogP contribution in [0.3, 0.4) is 0 Å². The van der Waals surface area contributed by atoms with E-state index in [0.717, 1.165) is 23.3 Å². The van der Waals surface area contributed by atoms with E-state index in [1.54, 1.807) is 0 Å². The minimum absolute atomic E-state index is 0.109. The summed E-state index contributed by atoms with van der Waals surface area (Å²) < 4.78 is 7.73. The van der Waals surface area contributed by atoms with Gasteiger partial charge in [-0.3, -0.25) is 4.79 Å². The first-order valence-electron chi connectivity index (χ1n) is 9.26. The first-order chi connectivity index (χ1) is 13.6. The highest BCUT2D eigenvalue weighted by Crippen LogP contribution is 2.25. The monoisotopic (exact) mass is 392 g/mol. The molecule has 0 aliphatic heterocycles. The summed E-state index contributed by atoms with van der Waals surface area (Å²) in [6.07, 6.45) is 0.788. The van der Waals surface area contributed by atoms with E-state index < -0.39 is 0 Å². The lowest BCUT2D eigenvalue weighted by Gasteiger charge is -2.11. The normalized spacial score (nSPS) is 11.1. The van der Waals surface area contributed by atoms with Crippen LogP contribution in [0.25, 0.3) is 11.1 Å². The fourth-order valence-corrected chi connectivity index (χ4v) is 3.61. The molecule has 2 aromatic heterocycles. The Labute approximate surface area is 168 Å². The predicted molar refractivity (Wildman–Crippen MR) is 112 cm³/mol. The standard InChI is InChI=1S/C23H21ClN2O2/c1-16-12-20-22(28-16)14-21(26(20)15-18-8-5-9-19(24)13-18)23(27)25-11-10-17-6-3-2-4-7-17/h2-9,12-14H,10-11,15H2,1H3,(H,25,27). The Balaban J connectivity index is 1.57. The van der Waals surface area contributed by atoms with Crippen LogP contribution in [0.15, 0.2) is 71.1 Å². The molecule has 0 saturated heterocycles. The molecule has 1 amide bonds. The summed E-state index contributed by atoms with van der Waals surface area (Å²) in [4.78, 5) is 12.9. The fourth-order valence-electron chi connectivity index (χ4n) is 3.40. The maximum atomic E-state index is 12.9. The van der Waals surface area contributed by atoms with Crippen LogP contribution < -0.4 is 5.32 Å². The summed E-state index contributed by atoms with van der Waals surface area (Å²) >= 11 is 6.13. The third-order valence-electron chi connectivity index (χ3n) is 4.72. The summed E-state index contributed by atoms with van der Waals surface area (Å²) in [7, 11) is 0. The number of furan rings is 1. The zero-order valence-corrected chi connectivity index (χ0v) is 16.4. The van der Waals surface area contributed by atoms with Crippen molar-refractivity contribution in [1.29, 1.82) is 0 Å². The summed E-state index contributed by atoms with van der Waals surface area (Å²) in [6.45, 7) is 3.03. The number of fused-ring (bicyclic) bond motifs is 1. The molecule has 0 unspecified atom stereocenters. The molecular formula is C23H21ClN2O2. The maximum absolute atomic E-state index is 12.9. The second-order valence-corrected chi connectivity index (χ2v) is 7.28. The zero-order valence-electron chi connectivity index (χ0n) is 15.6. The van der Waals surface area contributed by atoms with Crippen molar-refractivity contribution in [3.05, 3.63) is 94.3 Å². The topological polar surface area (TPSA) is 47.2 Å². The molecule has 2 aromatic carbocycles. The zero-order chi connectivity index (χ0) is 19.5. The summed E-state index contributed by atoms with van der Waals surface area (Å²) in [6, 6.07) is 21.6. The van der Waals surface area contributed by atoms with Gasteiger partial charge in [0.1, 0.15) is 11.5 Å². The molecule has 0 aliphatic carbocycles. The van der Waals surface area contributed by atoms with Gasteiger partial charge in [-0.15, -0.1) is 0 Å². The van der Waals surface area contributed by atoms with Crippen LogP contribution >= 0.6 is 11.6 Å². The number of aryl methyl sites for hydroxylation is 1. The maximum Gasteiger partial charge on any atom is 0.268 e. The Morgan fingerprint density at radius 3 is 2.61 bits per heavy atom. The van der Waals surface area contributed by atoms with Crippen LogP contribution in [-0.2, 0) is 13.0 Å². The van der Waals surface area contributed by atoms with E-state index in [1.807, 2.05) is 66.1 Å². The molecule has 5 heteroatoms. The molecule has 0 bridgehead atoms. The highest BCUT2D eigenvalue weighted by molar-refractivity contribution is 6.30. The van der Waals surface area contributed by atoms with E-state index in [0.29, 0.717) is 29.4 Å². The van der Waals surface area contributed by atoms with Crippen molar-refractivity contribution in [1.82, 2.24) is 9.88 Å². The van der Waals surface area contributed by atoms with Crippen molar-refractivity contribution in [2.45, 2.75) is 19.9 Å². The predicted octanol–water partition coefficient (Wildman–Crippen LogP) is 5.22. The van der Waals surface area contributed by atoms with Gasteiger partial charge in [0.2, 0.25) is 0 Å². The summed E-state index contributed by atoms with van der Waals surface area (Å²) in [5.41, 5.74) is 4.43. The Bertz CT molecular complexity index is 1110. The molecule has 28 heavy (non-hydrogen) atoms. The van der Waals surface area contributed by atoms with E-state index >= 15 is 0 Å². The number of hydrogen-bond donors (Lipinski definition) is 1. The largest absolute Gasteiger partial charge is 0.460 e. The van der Waals surface area contributed by atoms with Crippen LogP contribution in [0.5, 0.6) is 0 Å². The smallest absolute Gasteiger partial charge is 0.268 e. The molecule has 0 fully saturated rings. The number of benzene rings is 2. The molecule has 4 nitrogen and oxygen atoms in total. The molecule has 142 valence electrons. The average Bonchev–Trinajstić information content (AvgIpc) is 3.20. The van der Waals surface area contributed by atoms with Gasteiger partial charge in [0, 0.05) is 30.2 Å². The fraction of sp³-hybridized carbons (Fsp3) is 0.174. The quantitative estimate of drug-likeness (QED) is 0.489. The first-order valence-corrected chi connectivity index (χ1v) is 9.64. The van der Waals surface area contributed by atoms with Crippen molar-refractivity contribution >= 4 is 28.6 Å². The van der Waals surface area contributed by atoms with Crippen molar-refractivity contribution in [3.8, 4) is 0 Å². The SMILES string of the molecule is Cc1cc2c(cc(C(=O)NCCc3ccccc3)n2Cc2cccc(Cl)c2)o1. The van der Waals surface area contributed by atoms with Gasteiger partial charge < -0.3 is 14.3 Å². The second-order valence-electron chi connectivity index (χ2n) is 6.84. The first kappa shape index (κ1) is 18.4. The average molecular weight is 393 g/mol. The van der Waals surface area contributed by atoms with Gasteiger partial charge in [0.15, 0.2) is 5.58 Å². The minimum Gasteiger partial charge on any atom is -0.460 e. The lowest BCUT2D eigenvalue weighted by molar-refractivity contribution is 0.0945. The molecule has 0 radical (unpaired) electrons. The van der Waals surface area contributed by atoms with E-state index in [4.69, 9.17) is 16.0 Å². The van der Waals surface area contributed by atoms with Gasteiger partial charge in [0.05, 0.1) is 5.52 Å². The third kappa shape index (κ3) is 3.97. The second kappa shape index (κ2) is 7.95. The number of aromatic nitrogens is 1. The van der Waals surface area contributed by atoms with Gasteiger partial charge in [-0.25, -0.2) is 0 Å². The third-order valence-corrected chi connectivity index (χ3v) is 4.95. The van der Waals surface area contributed by atoms with Crippen molar-refractivity contribution in [2.24, 2.45) is 0 Å². The summed E-state index contributed by atoms with van der Waals surface area (Å²) in [5.74, 6) is 0.711. The van der Waals surface area contributed by atoms with Gasteiger partial charge in [0.25, 0.3) is 5.91 Å². The van der Waals surface area contributed by atoms with E-state index in [-0.39, 0.29) is 5.91 Å². The van der Waals surface area contributed by atoms with Crippen molar-refractivity contribution < 1.29 is 9.21 Å². The van der Waals surface area contributed by atoms with Crippen molar-refractivity contribution in [3.63, 3.8) is 0 Å². The van der Waals surface area contributed by atoms with Gasteiger partial charge in [-0.1, -0.05) is 54.1 Å². The Kier molecular flexibility index (Phi) is 5.22. The lowest BCUT2D eigenvalue weighted by atomic mass is 10.1. The number of nitrogens with one attached hydrogen (secondary N) is 1. The lowest BCUT2D eigenvalue weighted by Crippen LogP contribution is -2.28. The molecule has 4 rings (SSSR count). The number of halogens is 1. The van der Waals surface area contributed by atoms with Crippen LogP contribution in [0, 0.1) is 6.92 Å². The van der Waals surface area contributed by atoms with E-state index in [1.165, 1.54) is 5.56 Å². The molecule has 2 heterocycles. The summed E-state index contributed by atoms with van der Waals surface area (Å²) in [5, 5.41) is 3.70. The molecular weight excluding hydrogens is 372 g/mol. The van der Waals surface area contributed by atoms with Crippen LogP contribution in [-0.4, -0.2) is 17.0 Å². The van der Waals surface area contributed by atoms with Gasteiger partial charge in [-0.05, 0) is 36.6 Å². The highest BCUT2D eigenvalue weighted by Gasteiger charge is 2.18. The van der Waals surface area contributed by atoms with Crippen LogP contribution in [0.2, 0.25) is 5.02 Å². The number of carbonyl (C=O) groups is 1. The minimum atomic E-state index is -0.109. The Morgan fingerprint density at radius 2 is 1.82 bits per heavy atom. The molecule has 4 aromatic rings. The molecule has 0 spiro atoms. The number of carbonyl (C=O) groups excluding carboxylic acids is 1. The number of rotatable bonds is 6. The molecule has 0 aliphatic rings. The van der Waals surface area contributed by atoms with Crippen LogP contribution in [0.4, 0.5) is 0 Å². The van der Waals surface area contributed by atoms with E-state index in [2.05, 4.69) is 17.4 Å². The molecule has 1 N–H and O–H groups in total. The van der Waals surface area contributed by atoms with Crippen LogP contribution in [0.1, 0.15) is 27.4 Å². The Morgan fingerprint density at radius 1 is 1.04 bits per heavy atom. The highest BCUT2D eigenvalue weighted by atomic mass is 35.5. The number of amides is 1.